The molecule has 4 aromatic heterocycles. The van der Waals surface area contributed by atoms with E-state index < -0.39 is 11.9 Å². The van der Waals surface area contributed by atoms with Gasteiger partial charge in [0, 0.05) is 110 Å². The molecule has 0 aliphatic carbocycles. The lowest BCUT2D eigenvalue weighted by atomic mass is 9.92. The van der Waals surface area contributed by atoms with E-state index in [0.29, 0.717) is 62.0 Å². The van der Waals surface area contributed by atoms with Gasteiger partial charge in [0.1, 0.15) is 23.7 Å². The van der Waals surface area contributed by atoms with Crippen molar-refractivity contribution in [2.75, 3.05) is 59.7 Å². The van der Waals surface area contributed by atoms with Gasteiger partial charge in [-0.15, -0.1) is 0 Å². The number of nitrogens with zero attached hydrogens (tertiary/aromatic N) is 9. The molecule has 15 nitrogen and oxygen atoms in total. The first-order chi connectivity index (χ1) is 32.2. The molecule has 338 valence electrons. The van der Waals surface area contributed by atoms with Crippen molar-refractivity contribution in [1.29, 1.82) is 5.26 Å². The molecule has 4 fully saturated rings. The van der Waals surface area contributed by atoms with E-state index in [0.717, 1.165) is 90.9 Å². The largest absolute Gasteiger partial charge is 0.382 e. The van der Waals surface area contributed by atoms with Crippen LogP contribution in [0.5, 0.6) is 0 Å². The van der Waals surface area contributed by atoms with Crippen molar-refractivity contribution in [2.24, 2.45) is 5.92 Å². The Morgan fingerprint density at radius 3 is 2.29 bits per heavy atom. The molecule has 66 heavy (non-hydrogen) atoms. The number of likely N-dealkylation sites (tertiary alicyclic amines) is 1. The van der Waals surface area contributed by atoms with E-state index in [2.05, 4.69) is 80.7 Å². The lowest BCUT2D eigenvalue weighted by molar-refractivity contribution is -0.134. The summed E-state index contributed by atoms with van der Waals surface area (Å²) in [6, 6.07) is 23.8. The molecule has 0 spiro atoms. The van der Waals surface area contributed by atoms with Crippen LogP contribution in [0.3, 0.4) is 0 Å². The summed E-state index contributed by atoms with van der Waals surface area (Å²) in [7, 11) is 0. The van der Waals surface area contributed by atoms with Crippen LogP contribution >= 0.6 is 0 Å². The van der Waals surface area contributed by atoms with Crippen molar-refractivity contribution < 1.29 is 18.8 Å². The van der Waals surface area contributed by atoms with Crippen LogP contribution < -0.4 is 25.8 Å². The van der Waals surface area contributed by atoms with Gasteiger partial charge < -0.3 is 25.3 Å². The Kier molecular flexibility index (Phi) is 12.1. The number of benzene rings is 2. The van der Waals surface area contributed by atoms with E-state index in [1.54, 1.807) is 22.8 Å². The van der Waals surface area contributed by atoms with Gasteiger partial charge in [0.2, 0.25) is 17.7 Å². The minimum atomic E-state index is -0.577. The molecule has 4 aliphatic heterocycles. The van der Waals surface area contributed by atoms with Gasteiger partial charge in [-0.2, -0.15) is 15.5 Å². The lowest BCUT2D eigenvalue weighted by Crippen LogP contribution is -2.47. The quantitative estimate of drug-likeness (QED) is 0.114. The van der Waals surface area contributed by atoms with Gasteiger partial charge >= 0.3 is 0 Å². The molecule has 4 saturated heterocycles. The van der Waals surface area contributed by atoms with Crippen LogP contribution in [0, 0.1) is 23.1 Å². The molecule has 0 radical (unpaired) electrons. The van der Waals surface area contributed by atoms with Gasteiger partial charge in [0.25, 0.3) is 0 Å². The number of hydrogen-bond acceptors (Lipinski definition) is 11. The highest BCUT2D eigenvalue weighted by Gasteiger charge is 2.30. The van der Waals surface area contributed by atoms with Crippen LogP contribution in [0.2, 0.25) is 0 Å². The molecule has 1 atom stereocenters. The molecule has 0 saturated carbocycles. The highest BCUT2D eigenvalue weighted by atomic mass is 19.1. The number of halogens is 1. The van der Waals surface area contributed by atoms with Crippen molar-refractivity contribution in [3.05, 3.63) is 109 Å². The Hall–Kier alpha value is -7.28. The van der Waals surface area contributed by atoms with E-state index in [9.17, 15) is 19.6 Å². The number of amides is 3. The van der Waals surface area contributed by atoms with Crippen LogP contribution in [0.4, 0.5) is 27.3 Å². The van der Waals surface area contributed by atoms with Crippen molar-refractivity contribution in [3.63, 3.8) is 0 Å². The summed E-state index contributed by atoms with van der Waals surface area (Å²) in [6.45, 7) is 4.46. The van der Waals surface area contributed by atoms with Gasteiger partial charge in [-0.25, -0.2) is 13.9 Å². The third-order valence-corrected chi connectivity index (χ3v) is 13.8. The number of hydrogen-bond donors (Lipinski definition) is 3. The summed E-state index contributed by atoms with van der Waals surface area (Å²) in [5.74, 6) is 0.284. The number of anilines is 4. The molecule has 4 aliphatic rings. The molecular weight excluding hydrogens is 836 g/mol. The first kappa shape index (κ1) is 42.7. The number of nitrogens with one attached hydrogen (secondary N) is 3. The number of aromatic nitrogens is 5. The predicted octanol–water partition coefficient (Wildman–Crippen LogP) is 7.04. The van der Waals surface area contributed by atoms with E-state index >= 15 is 4.39 Å². The second-order valence-electron chi connectivity index (χ2n) is 18.1. The molecule has 3 N–H and O–H groups in total. The second-order valence-corrected chi connectivity index (χ2v) is 18.1. The van der Waals surface area contributed by atoms with E-state index in [1.807, 2.05) is 39.1 Å². The Labute approximate surface area is 382 Å². The van der Waals surface area contributed by atoms with E-state index in [4.69, 9.17) is 10.1 Å². The standard InChI is InChI=1S/C50H53FN12O3/c51-43-26-40(57-44-8-11-47(64)58-50(44)66)7-9-45(43)59-18-12-33(13-19-59)24-48(65)61-22-16-41(17-23-61)62-32-37(30-54-62)35-25-42(49-36(27-52)29-55-63(49)31-35)34-6-10-46(53-28-34)60-20-14-39(15-21-60)56-38-4-2-1-3-5-38/h1-7,9-10,25-26,28-33,39,41,44,56-57H,8,11-24H2,(H,58,64,66). The number of rotatable bonds is 11. The Morgan fingerprint density at radius 2 is 1.56 bits per heavy atom. The average molecular weight is 889 g/mol. The number of imide groups is 1. The summed E-state index contributed by atoms with van der Waals surface area (Å²) in [5.41, 5.74) is 7.03. The summed E-state index contributed by atoms with van der Waals surface area (Å²) in [5, 5.41) is 28.4. The van der Waals surface area contributed by atoms with Crippen LogP contribution in [-0.4, -0.2) is 98.4 Å². The zero-order chi connectivity index (χ0) is 45.1. The van der Waals surface area contributed by atoms with Crippen LogP contribution in [-0.2, 0) is 14.4 Å². The lowest BCUT2D eigenvalue weighted by Gasteiger charge is -2.36. The number of carbonyl (C=O) groups excluding carboxylic acids is 3. The minimum absolute atomic E-state index is 0.153. The third-order valence-electron chi connectivity index (χ3n) is 13.8. The first-order valence-electron chi connectivity index (χ1n) is 23.2. The zero-order valence-electron chi connectivity index (χ0n) is 36.8. The van der Waals surface area contributed by atoms with Gasteiger partial charge in [0.15, 0.2) is 0 Å². The molecule has 6 aromatic rings. The molecule has 16 heteroatoms. The van der Waals surface area contributed by atoms with Crippen molar-refractivity contribution in [3.8, 4) is 28.3 Å². The van der Waals surface area contributed by atoms with Crippen molar-refractivity contribution in [2.45, 2.75) is 75.9 Å². The van der Waals surface area contributed by atoms with Gasteiger partial charge in [0.05, 0.1) is 35.2 Å². The molecule has 3 amide bonds. The maximum atomic E-state index is 15.3. The highest BCUT2D eigenvalue weighted by molar-refractivity contribution is 6.01. The fourth-order valence-corrected chi connectivity index (χ4v) is 10.0. The number of para-hydroxylation sites is 1. The minimum Gasteiger partial charge on any atom is -0.382 e. The maximum Gasteiger partial charge on any atom is 0.249 e. The number of fused-ring (bicyclic) bond motifs is 1. The van der Waals surface area contributed by atoms with Crippen LogP contribution in [0.25, 0.3) is 27.8 Å². The monoisotopic (exact) mass is 888 g/mol. The number of pyridine rings is 2. The van der Waals surface area contributed by atoms with E-state index in [-0.39, 0.29) is 36.0 Å². The molecule has 0 bridgehead atoms. The summed E-state index contributed by atoms with van der Waals surface area (Å²) < 4.78 is 19.1. The Morgan fingerprint density at radius 1 is 0.773 bits per heavy atom. The molecule has 1 unspecified atom stereocenters. The topological polar surface area (TPSA) is 169 Å². The Bertz CT molecular complexity index is 2760. The number of carbonyl (C=O) groups is 3. The van der Waals surface area contributed by atoms with Gasteiger partial charge in [-0.1, -0.05) is 18.2 Å². The SMILES string of the molecule is N#Cc1cnn2cc(-c3cnn(C4CCN(C(=O)CC5CCN(c6ccc(NC7CCC(=O)NC7=O)cc6F)CC5)CC4)c3)cc(-c3ccc(N4CCC(Nc5ccccc5)CC4)nc3)c12. The third kappa shape index (κ3) is 9.15. The number of piperidine rings is 4. The fraction of sp³-hybridized carbons (Fsp3) is 0.380. The predicted molar refractivity (Wildman–Crippen MR) is 250 cm³/mol. The summed E-state index contributed by atoms with van der Waals surface area (Å²) >= 11 is 0. The zero-order valence-corrected chi connectivity index (χ0v) is 36.8. The summed E-state index contributed by atoms with van der Waals surface area (Å²) in [4.78, 5) is 48.4. The normalized spacial score (nSPS) is 18.9. The summed E-state index contributed by atoms with van der Waals surface area (Å²) in [6.07, 6.45) is 15.7. The van der Waals surface area contributed by atoms with Gasteiger partial charge in [-0.05, 0) is 99.4 Å². The number of nitriles is 1. The van der Waals surface area contributed by atoms with Crippen molar-refractivity contribution >= 4 is 46.1 Å². The first-order valence-corrected chi connectivity index (χ1v) is 23.2. The fourth-order valence-electron chi connectivity index (χ4n) is 10.0. The average Bonchev–Trinajstić information content (AvgIpc) is 4.02. The molecule has 10 rings (SSSR count). The maximum absolute atomic E-state index is 15.3. The van der Waals surface area contributed by atoms with Crippen LogP contribution in [0.1, 0.15) is 69.4 Å². The Balaban J connectivity index is 0.727. The highest BCUT2D eigenvalue weighted by Crippen LogP contribution is 2.35. The van der Waals surface area contributed by atoms with Gasteiger partial charge in [-0.3, -0.25) is 24.4 Å². The molecule has 8 heterocycles. The van der Waals surface area contributed by atoms with Crippen LogP contribution in [0.15, 0.2) is 97.7 Å². The molecular formula is C50H53FN12O3. The van der Waals surface area contributed by atoms with Crippen molar-refractivity contribution in [1.82, 2.24) is 34.6 Å². The van der Waals surface area contributed by atoms with E-state index in [1.165, 1.54) is 6.07 Å². The second kappa shape index (κ2) is 18.7. The smallest absolute Gasteiger partial charge is 0.249 e. The molecule has 2 aromatic carbocycles.